The van der Waals surface area contributed by atoms with E-state index in [2.05, 4.69) is 40.2 Å². The zero-order valence-corrected chi connectivity index (χ0v) is 20.8. The standard InChI is InChI=1S/C30H35N3O3/c1-31-18-21-10-14-26(15-11-21)29(35)33-28(17-24-12-13-25-4-2-3-5-27(25)16-24)30(36)32-19-22-6-8-23(20-34)9-7-22/h2-9,12-13,16,20-21,26,28,31H,10-11,14-15,17-19H2,1H3,(H,32,36)(H,33,35). The summed E-state index contributed by atoms with van der Waals surface area (Å²) in [5, 5.41) is 11.5. The number of rotatable bonds is 10. The number of carbonyl (C=O) groups excluding carboxylic acids is 3. The molecule has 1 unspecified atom stereocenters. The summed E-state index contributed by atoms with van der Waals surface area (Å²) in [6.45, 7) is 1.31. The number of fused-ring (bicyclic) bond motifs is 1. The van der Waals surface area contributed by atoms with Gasteiger partial charge in [-0.2, -0.15) is 0 Å². The van der Waals surface area contributed by atoms with E-state index in [1.165, 1.54) is 0 Å². The van der Waals surface area contributed by atoms with Gasteiger partial charge in [0.1, 0.15) is 12.3 Å². The Kier molecular flexibility index (Phi) is 8.85. The lowest BCUT2D eigenvalue weighted by Crippen LogP contribution is -2.50. The van der Waals surface area contributed by atoms with Gasteiger partial charge >= 0.3 is 0 Å². The van der Waals surface area contributed by atoms with Crippen molar-refractivity contribution in [2.75, 3.05) is 13.6 Å². The van der Waals surface area contributed by atoms with E-state index in [1.54, 1.807) is 12.1 Å². The highest BCUT2D eigenvalue weighted by Gasteiger charge is 2.29. The van der Waals surface area contributed by atoms with Gasteiger partial charge in [-0.1, -0.05) is 66.7 Å². The van der Waals surface area contributed by atoms with Crippen LogP contribution in [0.3, 0.4) is 0 Å². The molecule has 0 spiro atoms. The van der Waals surface area contributed by atoms with Crippen LogP contribution in [0.1, 0.15) is 47.2 Å². The molecule has 1 saturated carbocycles. The van der Waals surface area contributed by atoms with E-state index in [4.69, 9.17) is 0 Å². The molecule has 6 nitrogen and oxygen atoms in total. The Morgan fingerprint density at radius 2 is 1.61 bits per heavy atom. The average Bonchev–Trinajstić information content (AvgIpc) is 2.92. The maximum atomic E-state index is 13.3. The molecule has 3 N–H and O–H groups in total. The number of carbonyl (C=O) groups is 3. The van der Waals surface area contributed by atoms with Gasteiger partial charge in [0.25, 0.3) is 0 Å². The van der Waals surface area contributed by atoms with Crippen molar-refractivity contribution in [1.82, 2.24) is 16.0 Å². The van der Waals surface area contributed by atoms with E-state index >= 15 is 0 Å². The predicted octanol–water partition coefficient (Wildman–Crippen LogP) is 4.02. The van der Waals surface area contributed by atoms with Crippen molar-refractivity contribution in [1.29, 1.82) is 0 Å². The van der Waals surface area contributed by atoms with Crippen LogP contribution in [-0.4, -0.2) is 37.7 Å². The first-order valence-corrected chi connectivity index (χ1v) is 12.8. The van der Waals surface area contributed by atoms with Crippen molar-refractivity contribution in [3.05, 3.63) is 83.4 Å². The van der Waals surface area contributed by atoms with Crippen molar-refractivity contribution in [2.45, 2.75) is 44.7 Å². The number of nitrogens with one attached hydrogen (secondary N) is 3. The monoisotopic (exact) mass is 485 g/mol. The summed E-state index contributed by atoms with van der Waals surface area (Å²) in [5.74, 6) is 0.316. The molecule has 3 aromatic rings. The molecule has 0 radical (unpaired) electrons. The molecule has 188 valence electrons. The van der Waals surface area contributed by atoms with Crippen LogP contribution in [0.5, 0.6) is 0 Å². The van der Waals surface area contributed by atoms with Gasteiger partial charge in [-0.25, -0.2) is 0 Å². The Morgan fingerprint density at radius 3 is 2.31 bits per heavy atom. The fraction of sp³-hybridized carbons (Fsp3) is 0.367. The second-order valence-electron chi connectivity index (χ2n) is 9.80. The third-order valence-corrected chi connectivity index (χ3v) is 7.18. The molecule has 0 aromatic heterocycles. The molecule has 1 aliphatic carbocycles. The van der Waals surface area contributed by atoms with Crippen LogP contribution < -0.4 is 16.0 Å². The van der Waals surface area contributed by atoms with Crippen LogP contribution in [0.25, 0.3) is 10.8 Å². The Balaban J connectivity index is 1.44. The molecule has 0 aliphatic heterocycles. The molecular formula is C30H35N3O3. The maximum absolute atomic E-state index is 13.3. The minimum Gasteiger partial charge on any atom is -0.350 e. The largest absolute Gasteiger partial charge is 0.350 e. The van der Waals surface area contributed by atoms with Gasteiger partial charge < -0.3 is 16.0 Å². The van der Waals surface area contributed by atoms with Crippen molar-refractivity contribution in [2.24, 2.45) is 11.8 Å². The van der Waals surface area contributed by atoms with E-state index in [0.29, 0.717) is 24.4 Å². The normalized spacial score (nSPS) is 18.4. The van der Waals surface area contributed by atoms with Crippen LogP contribution in [0.2, 0.25) is 0 Å². The number of hydrogen-bond donors (Lipinski definition) is 3. The summed E-state index contributed by atoms with van der Waals surface area (Å²) in [6.07, 6.45) is 4.97. The number of aldehydes is 1. The molecule has 3 aromatic carbocycles. The van der Waals surface area contributed by atoms with E-state index in [1.807, 2.05) is 37.4 Å². The SMILES string of the molecule is CNCC1CCC(C(=O)NC(Cc2ccc3ccccc3c2)C(=O)NCc2ccc(C=O)cc2)CC1. The molecule has 0 saturated heterocycles. The Labute approximate surface area is 212 Å². The Morgan fingerprint density at radius 1 is 0.917 bits per heavy atom. The van der Waals surface area contributed by atoms with E-state index in [0.717, 1.165) is 60.4 Å². The van der Waals surface area contributed by atoms with Gasteiger partial charge in [-0.15, -0.1) is 0 Å². The van der Waals surface area contributed by atoms with Gasteiger partial charge in [-0.05, 0) is 67.1 Å². The van der Waals surface area contributed by atoms with Gasteiger partial charge in [0.2, 0.25) is 11.8 Å². The second-order valence-corrected chi connectivity index (χ2v) is 9.80. The average molecular weight is 486 g/mol. The lowest BCUT2D eigenvalue weighted by molar-refractivity contribution is -0.132. The van der Waals surface area contributed by atoms with Crippen molar-refractivity contribution < 1.29 is 14.4 Å². The Hall–Kier alpha value is -3.51. The molecule has 0 heterocycles. The molecule has 36 heavy (non-hydrogen) atoms. The summed E-state index contributed by atoms with van der Waals surface area (Å²) in [6, 6.07) is 20.7. The highest BCUT2D eigenvalue weighted by Crippen LogP contribution is 2.28. The first-order valence-electron chi connectivity index (χ1n) is 12.8. The molecule has 1 aliphatic rings. The first kappa shape index (κ1) is 25.6. The smallest absolute Gasteiger partial charge is 0.243 e. The lowest BCUT2D eigenvalue weighted by atomic mass is 9.81. The van der Waals surface area contributed by atoms with Crippen LogP contribution >= 0.6 is 0 Å². The van der Waals surface area contributed by atoms with Crippen molar-refractivity contribution >= 4 is 28.9 Å². The lowest BCUT2D eigenvalue weighted by Gasteiger charge is -2.29. The molecule has 1 atom stereocenters. The molecule has 4 rings (SSSR count). The van der Waals surface area contributed by atoms with Gasteiger partial charge in [-0.3, -0.25) is 14.4 Å². The van der Waals surface area contributed by atoms with Gasteiger partial charge in [0, 0.05) is 24.4 Å². The van der Waals surface area contributed by atoms with E-state index in [9.17, 15) is 14.4 Å². The van der Waals surface area contributed by atoms with Crippen molar-refractivity contribution in [3.8, 4) is 0 Å². The first-order chi connectivity index (χ1) is 17.6. The zero-order chi connectivity index (χ0) is 25.3. The molecule has 0 bridgehead atoms. The van der Waals surface area contributed by atoms with Crippen molar-refractivity contribution in [3.63, 3.8) is 0 Å². The summed E-state index contributed by atoms with van der Waals surface area (Å²) in [5.41, 5.74) is 2.49. The predicted molar refractivity (Wildman–Crippen MR) is 143 cm³/mol. The van der Waals surface area contributed by atoms with Gasteiger partial charge in [0.05, 0.1) is 0 Å². The fourth-order valence-electron chi connectivity index (χ4n) is 5.04. The highest BCUT2D eigenvalue weighted by atomic mass is 16.2. The topological polar surface area (TPSA) is 87.3 Å². The third kappa shape index (κ3) is 6.79. The van der Waals surface area contributed by atoms with E-state index in [-0.39, 0.29) is 17.7 Å². The minimum absolute atomic E-state index is 0.0332. The maximum Gasteiger partial charge on any atom is 0.243 e. The quantitative estimate of drug-likeness (QED) is 0.379. The summed E-state index contributed by atoms with van der Waals surface area (Å²) in [4.78, 5) is 37.4. The Bertz CT molecular complexity index is 1180. The number of hydrogen-bond acceptors (Lipinski definition) is 4. The summed E-state index contributed by atoms with van der Waals surface area (Å²) < 4.78 is 0. The number of benzene rings is 3. The number of amides is 2. The van der Waals surface area contributed by atoms with Crippen LogP contribution in [0.4, 0.5) is 0 Å². The second kappa shape index (κ2) is 12.5. The van der Waals surface area contributed by atoms with Gasteiger partial charge in [0.15, 0.2) is 0 Å². The van der Waals surface area contributed by atoms with E-state index < -0.39 is 6.04 Å². The third-order valence-electron chi connectivity index (χ3n) is 7.18. The molecule has 2 amide bonds. The molecule has 1 fully saturated rings. The highest BCUT2D eigenvalue weighted by molar-refractivity contribution is 5.89. The summed E-state index contributed by atoms with van der Waals surface area (Å²) in [7, 11) is 1.96. The molecular weight excluding hydrogens is 450 g/mol. The van der Waals surface area contributed by atoms with Crippen LogP contribution in [0, 0.1) is 11.8 Å². The fourth-order valence-corrected chi connectivity index (χ4v) is 5.04. The summed E-state index contributed by atoms with van der Waals surface area (Å²) >= 11 is 0. The minimum atomic E-state index is -0.664. The zero-order valence-electron chi connectivity index (χ0n) is 20.8. The van der Waals surface area contributed by atoms with Crippen LogP contribution in [0.15, 0.2) is 66.7 Å². The van der Waals surface area contributed by atoms with Crippen LogP contribution in [-0.2, 0) is 22.6 Å². The molecule has 6 heteroatoms.